The molecule has 4 aromatic rings. The van der Waals surface area contributed by atoms with E-state index in [0.717, 1.165) is 34.1 Å². The third-order valence-electron chi connectivity index (χ3n) is 6.38. The van der Waals surface area contributed by atoms with Crippen molar-refractivity contribution < 1.29 is 19.4 Å². The monoisotopic (exact) mass is 493 g/mol. The van der Waals surface area contributed by atoms with Crippen LogP contribution in [0.3, 0.4) is 0 Å². The first kappa shape index (κ1) is 22.9. The molecule has 35 heavy (non-hydrogen) atoms. The highest BCUT2D eigenvalue weighted by atomic mass is 35.5. The number of aromatic nitrogens is 4. The van der Waals surface area contributed by atoms with Crippen LogP contribution < -0.4 is 0 Å². The van der Waals surface area contributed by atoms with Crippen molar-refractivity contribution in [3.05, 3.63) is 70.5 Å². The van der Waals surface area contributed by atoms with Gasteiger partial charge in [0, 0.05) is 23.9 Å². The quantitative estimate of drug-likeness (QED) is 0.434. The molecule has 2 aromatic heterocycles. The average Bonchev–Trinajstić information content (AvgIpc) is 3.46. The number of imidazole rings is 1. The van der Waals surface area contributed by atoms with E-state index in [4.69, 9.17) is 21.3 Å². The first-order valence-electron chi connectivity index (χ1n) is 11.2. The molecule has 2 aromatic carbocycles. The fourth-order valence-corrected chi connectivity index (χ4v) is 4.84. The Balaban J connectivity index is 1.65. The lowest BCUT2D eigenvalue weighted by atomic mass is 9.98. The molecule has 0 saturated heterocycles. The summed E-state index contributed by atoms with van der Waals surface area (Å²) in [4.78, 5) is 30.3. The smallest absolute Gasteiger partial charge is 0.409 e. The third kappa shape index (κ3) is 4.23. The summed E-state index contributed by atoms with van der Waals surface area (Å²) < 4.78 is 8.87. The van der Waals surface area contributed by atoms with Crippen LogP contribution in [0.2, 0.25) is 5.02 Å². The Kier molecular flexibility index (Phi) is 5.94. The van der Waals surface area contributed by atoms with Gasteiger partial charge in [0.2, 0.25) is 0 Å². The topological polar surface area (TPSA) is 102 Å². The molecule has 0 bridgehead atoms. The number of hydrogen-bond acceptors (Lipinski definition) is 5. The Morgan fingerprint density at radius 2 is 1.97 bits per heavy atom. The highest BCUT2D eigenvalue weighted by Crippen LogP contribution is 2.34. The molecule has 1 atom stereocenters. The second-order valence-corrected chi connectivity index (χ2v) is 9.07. The van der Waals surface area contributed by atoms with Crippen LogP contribution in [0.15, 0.2) is 48.8 Å². The van der Waals surface area contributed by atoms with E-state index in [9.17, 15) is 14.7 Å². The van der Waals surface area contributed by atoms with Crippen molar-refractivity contribution >= 4 is 34.7 Å². The average molecular weight is 494 g/mol. The van der Waals surface area contributed by atoms with Gasteiger partial charge in [-0.25, -0.2) is 14.6 Å². The van der Waals surface area contributed by atoms with Crippen molar-refractivity contribution in [1.82, 2.24) is 24.2 Å². The SMILES string of the molecule is COC(=O)N1CCc2ccc3c(nc(-c4ccc(C(=O)O)cc4)n3[C@@H](C)Cn3cc(Cl)cn3)c2C1. The number of halogens is 1. The number of amides is 1. The van der Waals surface area contributed by atoms with Crippen LogP contribution in [-0.4, -0.2) is 55.1 Å². The fraction of sp³-hybridized carbons (Fsp3) is 0.280. The van der Waals surface area contributed by atoms with Gasteiger partial charge in [0.05, 0.1) is 54.1 Å². The summed E-state index contributed by atoms with van der Waals surface area (Å²) in [5, 5.41) is 14.2. The molecule has 1 aliphatic heterocycles. The zero-order valence-electron chi connectivity index (χ0n) is 19.3. The molecular formula is C25H24ClN5O4. The summed E-state index contributed by atoms with van der Waals surface area (Å²) >= 11 is 6.07. The number of nitrogens with zero attached hydrogens (tertiary/aromatic N) is 5. The molecule has 0 aliphatic carbocycles. The predicted molar refractivity (Wildman–Crippen MR) is 131 cm³/mol. The number of carbonyl (C=O) groups excluding carboxylic acids is 1. The summed E-state index contributed by atoms with van der Waals surface area (Å²) in [6.07, 6.45) is 3.73. The lowest BCUT2D eigenvalue weighted by Crippen LogP contribution is -2.35. The molecule has 0 radical (unpaired) electrons. The lowest BCUT2D eigenvalue weighted by molar-refractivity contribution is 0.0696. The van der Waals surface area contributed by atoms with Crippen LogP contribution in [0.1, 0.15) is 34.5 Å². The van der Waals surface area contributed by atoms with Gasteiger partial charge in [-0.05, 0) is 37.1 Å². The van der Waals surface area contributed by atoms with Crippen LogP contribution in [0.4, 0.5) is 4.79 Å². The number of hydrogen-bond donors (Lipinski definition) is 1. The lowest BCUT2D eigenvalue weighted by Gasteiger charge is -2.28. The number of aromatic carboxylic acids is 1. The van der Waals surface area contributed by atoms with Gasteiger partial charge in [0.25, 0.3) is 0 Å². The molecule has 0 fully saturated rings. The van der Waals surface area contributed by atoms with Crippen LogP contribution >= 0.6 is 11.6 Å². The van der Waals surface area contributed by atoms with Crippen LogP contribution in [0.25, 0.3) is 22.4 Å². The van der Waals surface area contributed by atoms with E-state index in [0.29, 0.717) is 30.5 Å². The van der Waals surface area contributed by atoms with Crippen molar-refractivity contribution in [3.8, 4) is 11.4 Å². The number of rotatable bonds is 5. The van der Waals surface area contributed by atoms with Gasteiger partial charge in [-0.15, -0.1) is 0 Å². The molecule has 1 N–H and O–H groups in total. The van der Waals surface area contributed by atoms with E-state index in [1.807, 2.05) is 0 Å². The van der Waals surface area contributed by atoms with E-state index in [-0.39, 0.29) is 17.7 Å². The summed E-state index contributed by atoms with van der Waals surface area (Å²) in [5.74, 6) is -0.266. The highest BCUT2D eigenvalue weighted by molar-refractivity contribution is 6.30. The number of ether oxygens (including phenoxy) is 1. The van der Waals surface area contributed by atoms with E-state index in [2.05, 4.69) is 28.7 Å². The Morgan fingerprint density at radius 1 is 1.20 bits per heavy atom. The first-order valence-corrected chi connectivity index (χ1v) is 11.6. The molecule has 10 heteroatoms. The number of benzene rings is 2. The zero-order valence-corrected chi connectivity index (χ0v) is 20.1. The van der Waals surface area contributed by atoms with E-state index < -0.39 is 5.97 Å². The van der Waals surface area contributed by atoms with Gasteiger partial charge in [-0.2, -0.15) is 5.10 Å². The minimum atomic E-state index is -0.981. The molecule has 9 nitrogen and oxygen atoms in total. The second-order valence-electron chi connectivity index (χ2n) is 8.63. The minimum absolute atomic E-state index is 0.0523. The Bertz CT molecular complexity index is 1430. The van der Waals surface area contributed by atoms with Crippen molar-refractivity contribution in [1.29, 1.82) is 0 Å². The fourth-order valence-electron chi connectivity index (χ4n) is 4.68. The Labute approximate surface area is 206 Å². The molecule has 1 aliphatic rings. The van der Waals surface area contributed by atoms with Gasteiger partial charge < -0.3 is 19.3 Å². The normalized spacial score (nSPS) is 14.1. The molecule has 0 saturated carbocycles. The summed E-state index contributed by atoms with van der Waals surface area (Å²) in [7, 11) is 1.38. The number of methoxy groups -OCH3 is 1. The van der Waals surface area contributed by atoms with Crippen molar-refractivity contribution in [2.75, 3.05) is 13.7 Å². The summed E-state index contributed by atoms with van der Waals surface area (Å²) in [6.45, 7) is 3.64. The molecule has 3 heterocycles. The minimum Gasteiger partial charge on any atom is -0.478 e. The van der Waals surface area contributed by atoms with Gasteiger partial charge in [0.1, 0.15) is 5.82 Å². The summed E-state index contributed by atoms with van der Waals surface area (Å²) in [5.41, 5.74) is 4.90. The standard InChI is InChI=1S/C25H24ClN5O4/c1-15(12-30-13-19(26)11-27-30)31-21-8-7-16-9-10-29(25(34)35-2)14-20(16)22(21)28-23(31)17-3-5-18(6-4-17)24(32)33/h3-8,11,13,15H,9-10,12,14H2,1-2H3,(H,32,33)/t15-/m0/s1. The molecule has 180 valence electrons. The molecular weight excluding hydrogens is 470 g/mol. The van der Waals surface area contributed by atoms with E-state index in [1.54, 1.807) is 46.2 Å². The van der Waals surface area contributed by atoms with Crippen molar-refractivity contribution in [2.45, 2.75) is 32.5 Å². The van der Waals surface area contributed by atoms with E-state index >= 15 is 0 Å². The van der Waals surface area contributed by atoms with Gasteiger partial charge >= 0.3 is 12.1 Å². The number of carbonyl (C=O) groups is 2. The Morgan fingerprint density at radius 3 is 2.63 bits per heavy atom. The molecule has 0 unspecified atom stereocenters. The predicted octanol–water partition coefficient (Wildman–Crippen LogP) is 4.64. The third-order valence-corrected chi connectivity index (χ3v) is 6.58. The van der Waals surface area contributed by atoms with Crippen LogP contribution in [0.5, 0.6) is 0 Å². The largest absolute Gasteiger partial charge is 0.478 e. The van der Waals surface area contributed by atoms with Gasteiger partial charge in [-0.1, -0.05) is 29.8 Å². The maximum Gasteiger partial charge on any atom is 0.409 e. The number of carboxylic acid groups (broad SMARTS) is 1. The number of carboxylic acids is 1. The molecule has 1 amide bonds. The molecule has 0 spiro atoms. The van der Waals surface area contributed by atoms with Crippen LogP contribution in [0, 0.1) is 0 Å². The summed E-state index contributed by atoms with van der Waals surface area (Å²) in [6, 6.07) is 10.8. The maximum absolute atomic E-state index is 12.2. The van der Waals surface area contributed by atoms with Crippen molar-refractivity contribution in [3.63, 3.8) is 0 Å². The zero-order chi connectivity index (χ0) is 24.7. The maximum atomic E-state index is 12.2. The molecule has 5 rings (SSSR count). The van der Waals surface area contributed by atoms with E-state index in [1.165, 1.54) is 7.11 Å². The Hall–Kier alpha value is -3.85. The van der Waals surface area contributed by atoms with Gasteiger partial charge in [-0.3, -0.25) is 4.68 Å². The van der Waals surface area contributed by atoms with Gasteiger partial charge in [0.15, 0.2) is 0 Å². The van der Waals surface area contributed by atoms with Crippen LogP contribution in [-0.2, 0) is 24.2 Å². The van der Waals surface area contributed by atoms with Crippen molar-refractivity contribution in [2.24, 2.45) is 0 Å². The first-order chi connectivity index (χ1) is 16.9. The second kappa shape index (κ2) is 9.07. The highest BCUT2D eigenvalue weighted by Gasteiger charge is 2.27. The number of fused-ring (bicyclic) bond motifs is 3.